The summed E-state index contributed by atoms with van der Waals surface area (Å²) in [5.41, 5.74) is 2.56. The van der Waals surface area contributed by atoms with Crippen molar-refractivity contribution in [1.82, 2.24) is 9.21 Å². The number of carbonyl (C=O) groups excluding carboxylic acids is 2. The van der Waals surface area contributed by atoms with E-state index in [1.54, 1.807) is 7.05 Å². The fourth-order valence-corrected chi connectivity index (χ4v) is 5.14. The fraction of sp³-hybridized carbons (Fsp3) is 0.263. The first-order chi connectivity index (χ1) is 12.3. The minimum Gasteiger partial charge on any atom is -0.277 e. The summed E-state index contributed by atoms with van der Waals surface area (Å²) in [6, 6.07) is 11.7. The van der Waals surface area contributed by atoms with E-state index in [9.17, 15) is 18.0 Å². The van der Waals surface area contributed by atoms with Crippen LogP contribution in [0.5, 0.6) is 0 Å². The summed E-state index contributed by atoms with van der Waals surface area (Å²) in [4.78, 5) is 25.2. The highest BCUT2D eigenvalue weighted by molar-refractivity contribution is 7.89. The lowest BCUT2D eigenvalue weighted by Crippen LogP contribution is -2.30. The van der Waals surface area contributed by atoms with Gasteiger partial charge in [-0.25, -0.2) is 8.42 Å². The number of benzene rings is 2. The van der Waals surface area contributed by atoms with E-state index in [0.717, 1.165) is 28.9 Å². The van der Waals surface area contributed by atoms with Gasteiger partial charge < -0.3 is 0 Å². The number of fused-ring (bicyclic) bond motifs is 2. The lowest BCUT2D eigenvalue weighted by Gasteiger charge is -2.25. The number of aryl methyl sites for hydroxylation is 1. The molecule has 2 aliphatic rings. The number of imide groups is 1. The molecule has 1 unspecified atom stereocenters. The number of nitrogens with zero attached hydrogens (tertiary/aromatic N) is 2. The highest BCUT2D eigenvalue weighted by Crippen LogP contribution is 2.38. The highest BCUT2D eigenvalue weighted by atomic mass is 32.2. The Morgan fingerprint density at radius 3 is 2.50 bits per heavy atom. The van der Waals surface area contributed by atoms with Crippen molar-refractivity contribution in [3.05, 3.63) is 64.7 Å². The molecular formula is C19H18N2O4S. The summed E-state index contributed by atoms with van der Waals surface area (Å²) < 4.78 is 27.6. The van der Waals surface area contributed by atoms with Gasteiger partial charge in [-0.1, -0.05) is 24.3 Å². The molecule has 0 radical (unpaired) electrons. The number of hydrogen-bond donors (Lipinski definition) is 0. The maximum atomic E-state index is 13.1. The van der Waals surface area contributed by atoms with Crippen LogP contribution in [0.3, 0.4) is 0 Å². The summed E-state index contributed by atoms with van der Waals surface area (Å²) in [5.74, 6) is -0.886. The lowest BCUT2D eigenvalue weighted by atomic mass is 10.1. The van der Waals surface area contributed by atoms with Crippen molar-refractivity contribution < 1.29 is 18.0 Å². The maximum absolute atomic E-state index is 13.1. The molecule has 0 saturated heterocycles. The number of rotatable bonds is 3. The van der Waals surface area contributed by atoms with E-state index in [-0.39, 0.29) is 22.1 Å². The number of sulfonamides is 1. The molecule has 134 valence electrons. The van der Waals surface area contributed by atoms with Crippen LogP contribution in [0.15, 0.2) is 47.4 Å². The van der Waals surface area contributed by atoms with Gasteiger partial charge in [-0.3, -0.25) is 14.5 Å². The first-order valence-electron chi connectivity index (χ1n) is 8.34. The number of amides is 2. The van der Waals surface area contributed by atoms with Gasteiger partial charge in [0.05, 0.1) is 22.1 Å². The Morgan fingerprint density at radius 2 is 1.73 bits per heavy atom. The third kappa shape index (κ3) is 2.31. The van der Waals surface area contributed by atoms with Crippen molar-refractivity contribution in [2.24, 2.45) is 0 Å². The molecule has 0 bridgehead atoms. The second-order valence-corrected chi connectivity index (χ2v) is 8.65. The maximum Gasteiger partial charge on any atom is 0.261 e. The molecule has 2 aromatic rings. The first-order valence-corrected chi connectivity index (χ1v) is 9.78. The molecule has 26 heavy (non-hydrogen) atoms. The van der Waals surface area contributed by atoms with E-state index in [0.29, 0.717) is 0 Å². The van der Waals surface area contributed by atoms with Crippen LogP contribution in [-0.2, 0) is 16.4 Å². The zero-order chi connectivity index (χ0) is 18.6. The van der Waals surface area contributed by atoms with Crippen LogP contribution in [0.2, 0.25) is 0 Å². The summed E-state index contributed by atoms with van der Waals surface area (Å²) in [7, 11) is -0.841. The smallest absolute Gasteiger partial charge is 0.261 e. The summed E-state index contributed by atoms with van der Waals surface area (Å²) in [5, 5.41) is 0. The van der Waals surface area contributed by atoms with Crippen molar-refractivity contribution in [3.63, 3.8) is 0 Å². The van der Waals surface area contributed by atoms with Gasteiger partial charge in [0.1, 0.15) is 0 Å². The third-order valence-electron chi connectivity index (χ3n) is 5.28. The molecule has 6 nitrogen and oxygen atoms in total. The van der Waals surface area contributed by atoms with Crippen LogP contribution in [0.1, 0.15) is 44.3 Å². The molecule has 0 N–H and O–H groups in total. The normalized spacial score (nSPS) is 19.2. The molecule has 1 aliphatic heterocycles. The Bertz CT molecular complexity index is 1050. The predicted octanol–water partition coefficient (Wildman–Crippen LogP) is 2.22. The highest BCUT2D eigenvalue weighted by Gasteiger charge is 2.37. The molecule has 2 amide bonds. The Balaban J connectivity index is 1.73. The molecule has 0 aromatic heterocycles. The molecule has 1 heterocycles. The van der Waals surface area contributed by atoms with Crippen LogP contribution in [0.4, 0.5) is 0 Å². The Kier molecular flexibility index (Phi) is 3.75. The molecule has 4 rings (SSSR count). The van der Waals surface area contributed by atoms with Gasteiger partial charge in [0.15, 0.2) is 0 Å². The third-order valence-corrected chi connectivity index (χ3v) is 7.14. The van der Waals surface area contributed by atoms with Crippen molar-refractivity contribution in [2.75, 3.05) is 14.1 Å². The van der Waals surface area contributed by atoms with Crippen molar-refractivity contribution in [2.45, 2.75) is 23.8 Å². The largest absolute Gasteiger partial charge is 0.277 e. The van der Waals surface area contributed by atoms with Crippen LogP contribution in [-0.4, -0.2) is 43.5 Å². The number of carbonyl (C=O) groups is 2. The second kappa shape index (κ2) is 5.75. The van der Waals surface area contributed by atoms with Gasteiger partial charge in [-0.05, 0) is 42.2 Å². The summed E-state index contributed by atoms with van der Waals surface area (Å²) in [6.45, 7) is 0. The predicted molar refractivity (Wildman–Crippen MR) is 95.3 cm³/mol. The van der Waals surface area contributed by atoms with Gasteiger partial charge in [0, 0.05) is 14.1 Å². The van der Waals surface area contributed by atoms with Gasteiger partial charge in [-0.15, -0.1) is 0 Å². The van der Waals surface area contributed by atoms with E-state index in [4.69, 9.17) is 0 Å². The fourth-order valence-electron chi connectivity index (χ4n) is 3.75. The van der Waals surface area contributed by atoms with Crippen LogP contribution in [0.25, 0.3) is 0 Å². The summed E-state index contributed by atoms with van der Waals surface area (Å²) in [6.07, 6.45) is 1.56. The Morgan fingerprint density at radius 1 is 1.04 bits per heavy atom. The van der Waals surface area contributed by atoms with Crippen molar-refractivity contribution in [3.8, 4) is 0 Å². The van der Waals surface area contributed by atoms with Crippen LogP contribution in [0, 0.1) is 0 Å². The minimum absolute atomic E-state index is 0.0274. The van der Waals surface area contributed by atoms with E-state index in [1.165, 1.54) is 29.6 Å². The van der Waals surface area contributed by atoms with Crippen LogP contribution >= 0.6 is 0 Å². The van der Waals surface area contributed by atoms with Gasteiger partial charge in [-0.2, -0.15) is 4.31 Å². The Labute approximate surface area is 152 Å². The van der Waals surface area contributed by atoms with E-state index in [1.807, 2.05) is 24.3 Å². The molecular weight excluding hydrogens is 352 g/mol. The standard InChI is InChI=1S/C19H18N2O4S/c1-20-18(22)15-9-8-13(11-16(15)19(20)23)26(24,25)21(2)17-10-7-12-5-3-4-6-14(12)17/h3-6,8-9,11,17H,7,10H2,1-2H3. The quantitative estimate of drug-likeness (QED) is 0.777. The average Bonchev–Trinajstić information content (AvgIpc) is 3.16. The molecule has 0 saturated carbocycles. The molecule has 1 aliphatic carbocycles. The minimum atomic E-state index is -3.79. The Hall–Kier alpha value is -2.51. The SMILES string of the molecule is CN1C(=O)c2ccc(S(=O)(=O)N(C)C3CCc4ccccc43)cc2C1=O. The molecule has 7 heteroatoms. The number of hydrogen-bond acceptors (Lipinski definition) is 4. The lowest BCUT2D eigenvalue weighted by molar-refractivity contribution is 0.0693. The molecule has 1 atom stereocenters. The molecule has 0 spiro atoms. The van der Waals surface area contributed by atoms with E-state index >= 15 is 0 Å². The van der Waals surface area contributed by atoms with Gasteiger partial charge in [0.2, 0.25) is 10.0 Å². The van der Waals surface area contributed by atoms with Crippen molar-refractivity contribution in [1.29, 1.82) is 0 Å². The average molecular weight is 370 g/mol. The summed E-state index contributed by atoms with van der Waals surface area (Å²) >= 11 is 0. The zero-order valence-corrected chi connectivity index (χ0v) is 15.3. The van der Waals surface area contributed by atoms with Gasteiger partial charge in [0.25, 0.3) is 11.8 Å². The zero-order valence-electron chi connectivity index (χ0n) is 14.5. The monoisotopic (exact) mass is 370 g/mol. The molecule has 0 fully saturated rings. The van der Waals surface area contributed by atoms with Gasteiger partial charge >= 0.3 is 0 Å². The first kappa shape index (κ1) is 16.9. The second-order valence-electron chi connectivity index (χ2n) is 6.65. The van der Waals surface area contributed by atoms with E-state index < -0.39 is 21.8 Å². The van der Waals surface area contributed by atoms with E-state index in [2.05, 4.69) is 0 Å². The molecule has 2 aromatic carbocycles. The van der Waals surface area contributed by atoms with Crippen molar-refractivity contribution >= 4 is 21.8 Å². The van der Waals surface area contributed by atoms with Crippen LogP contribution < -0.4 is 0 Å². The topological polar surface area (TPSA) is 74.8 Å².